The van der Waals surface area contributed by atoms with Gasteiger partial charge in [0.05, 0.1) is 19.4 Å². The Labute approximate surface area is 172 Å². The molecule has 3 N–H and O–H groups in total. The Bertz CT molecular complexity index is 670. The number of hydrogen-bond acceptors (Lipinski definition) is 3. The van der Waals surface area contributed by atoms with Crippen molar-refractivity contribution in [2.75, 3.05) is 19.6 Å². The first-order chi connectivity index (χ1) is 12.2. The first kappa shape index (κ1) is 20.8. The quantitative estimate of drug-likeness (QED) is 0.329. The number of nitrogens with one attached hydrogen (secondary N) is 2. The van der Waals surface area contributed by atoms with Crippen LogP contribution in [0.1, 0.15) is 43.6 Å². The normalized spacial score (nSPS) is 16.9. The van der Waals surface area contributed by atoms with E-state index < -0.39 is 6.10 Å². The minimum Gasteiger partial charge on any atom is -0.467 e. The molecule has 0 aliphatic heterocycles. The molecule has 5 nitrogen and oxygen atoms in total. The van der Waals surface area contributed by atoms with Crippen LogP contribution < -0.4 is 10.6 Å². The average molecular weight is 469 g/mol. The zero-order valence-corrected chi connectivity index (χ0v) is 17.5. The third-order valence-corrected chi connectivity index (χ3v) is 4.92. The zero-order chi connectivity index (χ0) is 17.5. The van der Waals surface area contributed by atoms with Gasteiger partial charge in [0.15, 0.2) is 5.96 Å². The van der Waals surface area contributed by atoms with E-state index in [1.165, 1.54) is 24.8 Å². The molecule has 142 valence electrons. The molecule has 0 amide bonds. The number of aliphatic imine (C=N–C) groups is 1. The van der Waals surface area contributed by atoms with Gasteiger partial charge in [-0.15, -0.1) is 24.0 Å². The second-order valence-electron chi connectivity index (χ2n) is 6.61. The molecule has 1 unspecified atom stereocenters. The minimum atomic E-state index is -0.689. The molecule has 1 fully saturated rings. The van der Waals surface area contributed by atoms with E-state index in [1.807, 2.05) is 6.92 Å². The molecule has 1 saturated carbocycles. The van der Waals surface area contributed by atoms with Gasteiger partial charge in [0.2, 0.25) is 0 Å². The van der Waals surface area contributed by atoms with Gasteiger partial charge >= 0.3 is 0 Å². The molecule has 1 aromatic heterocycles. The lowest BCUT2D eigenvalue weighted by Gasteiger charge is -2.41. The van der Waals surface area contributed by atoms with Crippen molar-refractivity contribution in [2.24, 2.45) is 4.99 Å². The van der Waals surface area contributed by atoms with Crippen molar-refractivity contribution < 1.29 is 9.52 Å². The van der Waals surface area contributed by atoms with Crippen LogP contribution in [-0.2, 0) is 5.41 Å². The maximum Gasteiger partial charge on any atom is 0.191 e. The Hall–Kier alpha value is -1.54. The van der Waals surface area contributed by atoms with Gasteiger partial charge < -0.3 is 20.2 Å². The Morgan fingerprint density at radius 3 is 2.54 bits per heavy atom. The molecular weight excluding hydrogens is 441 g/mol. The third kappa shape index (κ3) is 5.01. The van der Waals surface area contributed by atoms with Gasteiger partial charge in [-0.2, -0.15) is 0 Å². The van der Waals surface area contributed by atoms with Gasteiger partial charge in [-0.25, -0.2) is 0 Å². The molecule has 26 heavy (non-hydrogen) atoms. The maximum atomic E-state index is 10.2. The van der Waals surface area contributed by atoms with Crippen LogP contribution in [-0.4, -0.2) is 30.7 Å². The van der Waals surface area contributed by atoms with E-state index in [2.05, 4.69) is 41.0 Å². The standard InChI is InChI=1S/C20H27N3O2.HI/c1-2-21-19(22-14-17(24)18-10-6-13-25-18)23-15-20(11-7-12-20)16-8-4-3-5-9-16;/h3-6,8-10,13,17,24H,2,7,11-12,14-15H2,1H3,(H2,21,22,23);1H. The highest BCUT2D eigenvalue weighted by molar-refractivity contribution is 14.0. The van der Waals surface area contributed by atoms with Crippen LogP contribution in [0.2, 0.25) is 0 Å². The maximum absolute atomic E-state index is 10.2. The van der Waals surface area contributed by atoms with Crippen molar-refractivity contribution in [2.45, 2.75) is 37.7 Å². The summed E-state index contributed by atoms with van der Waals surface area (Å²) in [5, 5.41) is 16.6. The van der Waals surface area contributed by atoms with Crippen LogP contribution in [0.25, 0.3) is 0 Å². The smallest absolute Gasteiger partial charge is 0.191 e. The van der Waals surface area contributed by atoms with E-state index in [1.54, 1.807) is 18.4 Å². The minimum absolute atomic E-state index is 0. The van der Waals surface area contributed by atoms with Crippen molar-refractivity contribution in [1.29, 1.82) is 0 Å². The summed E-state index contributed by atoms with van der Waals surface area (Å²) in [6, 6.07) is 14.2. The van der Waals surface area contributed by atoms with Crippen molar-refractivity contribution in [3.8, 4) is 0 Å². The van der Waals surface area contributed by atoms with E-state index >= 15 is 0 Å². The van der Waals surface area contributed by atoms with Crippen molar-refractivity contribution >= 4 is 29.9 Å². The summed E-state index contributed by atoms with van der Waals surface area (Å²) in [5.41, 5.74) is 1.53. The molecule has 1 aliphatic carbocycles. The SMILES string of the molecule is CCNC(=NCC1(c2ccccc2)CCC1)NCC(O)c1ccco1.I. The Morgan fingerprint density at radius 1 is 1.19 bits per heavy atom. The number of halogens is 1. The lowest BCUT2D eigenvalue weighted by molar-refractivity contribution is 0.152. The molecule has 6 heteroatoms. The van der Waals surface area contributed by atoms with Gasteiger partial charge in [-0.1, -0.05) is 36.8 Å². The van der Waals surface area contributed by atoms with Gasteiger partial charge in [-0.05, 0) is 37.5 Å². The number of guanidine groups is 1. The molecule has 0 radical (unpaired) electrons. The number of furan rings is 1. The summed E-state index contributed by atoms with van der Waals surface area (Å²) < 4.78 is 5.24. The molecule has 1 aliphatic rings. The van der Waals surface area contributed by atoms with Gasteiger partial charge in [-0.3, -0.25) is 4.99 Å². The van der Waals surface area contributed by atoms with Gasteiger partial charge in [0, 0.05) is 12.0 Å². The number of rotatable bonds is 7. The average Bonchev–Trinajstić information content (AvgIpc) is 3.14. The molecule has 1 aromatic carbocycles. The van der Waals surface area contributed by atoms with Crippen LogP contribution in [0.5, 0.6) is 0 Å². The lowest BCUT2D eigenvalue weighted by Crippen LogP contribution is -2.42. The summed E-state index contributed by atoms with van der Waals surface area (Å²) in [4.78, 5) is 4.79. The van der Waals surface area contributed by atoms with Gasteiger partial charge in [0.25, 0.3) is 0 Å². The molecule has 1 heterocycles. The molecule has 2 aromatic rings. The van der Waals surface area contributed by atoms with Crippen LogP contribution >= 0.6 is 24.0 Å². The van der Waals surface area contributed by atoms with Gasteiger partial charge in [0.1, 0.15) is 11.9 Å². The fourth-order valence-electron chi connectivity index (χ4n) is 3.28. The van der Waals surface area contributed by atoms with Crippen LogP contribution in [0.4, 0.5) is 0 Å². The predicted molar refractivity (Wildman–Crippen MR) is 115 cm³/mol. The lowest BCUT2D eigenvalue weighted by atomic mass is 9.64. The third-order valence-electron chi connectivity index (χ3n) is 4.92. The molecule has 1 atom stereocenters. The van der Waals surface area contributed by atoms with E-state index in [9.17, 15) is 5.11 Å². The number of benzene rings is 1. The second-order valence-corrected chi connectivity index (χ2v) is 6.61. The molecular formula is C20H28IN3O2. The first-order valence-corrected chi connectivity index (χ1v) is 9.03. The highest BCUT2D eigenvalue weighted by Gasteiger charge is 2.38. The van der Waals surface area contributed by atoms with E-state index in [0.29, 0.717) is 12.3 Å². The molecule has 3 rings (SSSR count). The van der Waals surface area contributed by atoms with Crippen molar-refractivity contribution in [3.63, 3.8) is 0 Å². The second kappa shape index (κ2) is 9.97. The fourth-order valence-corrected chi connectivity index (χ4v) is 3.28. The fraction of sp³-hybridized carbons (Fsp3) is 0.450. The van der Waals surface area contributed by atoms with E-state index in [0.717, 1.165) is 19.0 Å². The Kier molecular flexibility index (Phi) is 7.96. The summed E-state index contributed by atoms with van der Waals surface area (Å²) in [6.07, 6.45) is 4.48. The number of nitrogens with zero attached hydrogens (tertiary/aromatic N) is 1. The first-order valence-electron chi connectivity index (χ1n) is 9.03. The highest BCUT2D eigenvalue weighted by atomic mass is 127. The number of hydrogen-bond donors (Lipinski definition) is 3. The topological polar surface area (TPSA) is 69.8 Å². The van der Waals surface area contributed by atoms with Crippen LogP contribution in [0, 0.1) is 0 Å². The predicted octanol–water partition coefficient (Wildman–Crippen LogP) is 3.61. The molecule has 0 bridgehead atoms. The highest BCUT2D eigenvalue weighted by Crippen LogP contribution is 2.43. The van der Waals surface area contributed by atoms with Crippen LogP contribution in [0.3, 0.4) is 0 Å². The van der Waals surface area contributed by atoms with Crippen molar-refractivity contribution in [3.05, 3.63) is 60.1 Å². The van der Waals surface area contributed by atoms with Crippen LogP contribution in [0.15, 0.2) is 58.1 Å². The molecule has 0 spiro atoms. The summed E-state index contributed by atoms with van der Waals surface area (Å²) in [5.74, 6) is 1.29. The monoisotopic (exact) mass is 469 g/mol. The molecule has 0 saturated heterocycles. The summed E-state index contributed by atoms with van der Waals surface area (Å²) in [7, 11) is 0. The zero-order valence-electron chi connectivity index (χ0n) is 15.1. The largest absolute Gasteiger partial charge is 0.467 e. The Balaban J connectivity index is 0.00000243. The summed E-state index contributed by atoms with van der Waals surface area (Å²) in [6.45, 7) is 3.93. The van der Waals surface area contributed by atoms with E-state index in [4.69, 9.17) is 9.41 Å². The number of aliphatic hydroxyl groups excluding tert-OH is 1. The van der Waals surface area contributed by atoms with E-state index in [-0.39, 0.29) is 29.4 Å². The summed E-state index contributed by atoms with van der Waals surface area (Å²) >= 11 is 0. The number of aliphatic hydroxyl groups is 1. The Morgan fingerprint density at radius 2 is 1.96 bits per heavy atom. The van der Waals surface area contributed by atoms with Crippen molar-refractivity contribution in [1.82, 2.24) is 10.6 Å².